The Hall–Kier alpha value is -3.64. The molecule has 0 fully saturated rings. The van der Waals surface area contributed by atoms with Gasteiger partial charge in [0.1, 0.15) is 11.6 Å². The number of aryl methyl sites for hydroxylation is 1. The minimum absolute atomic E-state index is 0.0873. The predicted molar refractivity (Wildman–Crippen MR) is 112 cm³/mol. The van der Waals surface area contributed by atoms with Crippen molar-refractivity contribution in [2.75, 3.05) is 12.1 Å². The molecular formula is C21H18N4O4S. The first-order valence-electron chi connectivity index (χ1n) is 9.24. The lowest BCUT2D eigenvalue weighted by molar-refractivity contribution is -0.116. The van der Waals surface area contributed by atoms with E-state index in [0.717, 1.165) is 16.8 Å². The lowest BCUT2D eigenvalue weighted by atomic mass is 9.99. The Morgan fingerprint density at radius 3 is 2.93 bits per heavy atom. The van der Waals surface area contributed by atoms with Crippen molar-refractivity contribution in [1.29, 1.82) is 5.26 Å². The summed E-state index contributed by atoms with van der Waals surface area (Å²) in [5.74, 6) is 1.19. The molecule has 1 aromatic carbocycles. The first kappa shape index (κ1) is 19.7. The number of nitrogens with zero attached hydrogens (tertiary/aromatic N) is 2. The predicted octanol–water partition coefficient (Wildman–Crippen LogP) is 3.29. The monoisotopic (exact) mass is 422 g/mol. The van der Waals surface area contributed by atoms with Crippen LogP contribution in [0.3, 0.4) is 0 Å². The van der Waals surface area contributed by atoms with Crippen LogP contribution in [0.1, 0.15) is 28.8 Å². The number of nitrogens with one attached hydrogen (secondary N) is 2. The highest BCUT2D eigenvalue weighted by atomic mass is 32.1. The zero-order valence-corrected chi connectivity index (χ0v) is 17.2. The fourth-order valence-electron chi connectivity index (χ4n) is 3.36. The Morgan fingerprint density at radius 2 is 2.13 bits per heavy atom. The molecule has 9 heteroatoms. The standard InChI is InChI=1S/C21H18N4O4S/c1-11-14(12(2)23-20(27)15(11)8-22)4-6-19(26)25-21-24-16(9-30-21)13-3-5-17-18(7-13)29-10-28-17/h3,5,7,9H,4,6,10H2,1-2H3,(H,23,27)(H,24,25,26). The van der Waals surface area contributed by atoms with E-state index in [1.54, 1.807) is 13.8 Å². The van der Waals surface area contributed by atoms with Gasteiger partial charge in [-0.2, -0.15) is 5.26 Å². The number of anilines is 1. The van der Waals surface area contributed by atoms with Gasteiger partial charge in [0, 0.05) is 23.1 Å². The first-order valence-corrected chi connectivity index (χ1v) is 10.1. The molecule has 0 radical (unpaired) electrons. The number of nitriles is 1. The van der Waals surface area contributed by atoms with E-state index in [2.05, 4.69) is 15.3 Å². The summed E-state index contributed by atoms with van der Waals surface area (Å²) in [7, 11) is 0. The molecule has 0 atom stereocenters. The van der Waals surface area contributed by atoms with Crippen molar-refractivity contribution in [1.82, 2.24) is 9.97 Å². The summed E-state index contributed by atoms with van der Waals surface area (Å²) in [6, 6.07) is 7.51. The highest BCUT2D eigenvalue weighted by molar-refractivity contribution is 7.14. The summed E-state index contributed by atoms with van der Waals surface area (Å²) in [5, 5.41) is 14.3. The van der Waals surface area contributed by atoms with Crippen LogP contribution in [0.2, 0.25) is 0 Å². The molecule has 1 amide bonds. The minimum atomic E-state index is -0.403. The number of hydrogen-bond acceptors (Lipinski definition) is 7. The number of hydrogen-bond donors (Lipinski definition) is 2. The molecule has 1 aliphatic heterocycles. The van der Waals surface area contributed by atoms with E-state index in [1.807, 2.05) is 29.6 Å². The lowest BCUT2D eigenvalue weighted by Gasteiger charge is -2.10. The molecule has 0 saturated carbocycles. The van der Waals surface area contributed by atoms with Gasteiger partial charge in [0.05, 0.1) is 5.69 Å². The quantitative estimate of drug-likeness (QED) is 0.652. The molecular weight excluding hydrogens is 404 g/mol. The maximum atomic E-state index is 12.4. The molecule has 3 heterocycles. The van der Waals surface area contributed by atoms with Crippen LogP contribution >= 0.6 is 11.3 Å². The first-order chi connectivity index (χ1) is 14.5. The van der Waals surface area contributed by atoms with Gasteiger partial charge in [-0.3, -0.25) is 9.59 Å². The number of fused-ring (bicyclic) bond motifs is 1. The third-order valence-corrected chi connectivity index (χ3v) is 5.70. The molecule has 152 valence electrons. The van der Waals surface area contributed by atoms with Gasteiger partial charge in [-0.1, -0.05) is 0 Å². The fraction of sp³-hybridized carbons (Fsp3) is 0.238. The number of carbonyl (C=O) groups excluding carboxylic acids is 1. The van der Waals surface area contributed by atoms with Crippen molar-refractivity contribution in [3.05, 3.63) is 56.3 Å². The highest BCUT2D eigenvalue weighted by Crippen LogP contribution is 2.36. The average Bonchev–Trinajstić information content (AvgIpc) is 3.36. The van der Waals surface area contributed by atoms with Crippen molar-refractivity contribution in [3.8, 4) is 28.8 Å². The number of H-pyrrole nitrogens is 1. The van der Waals surface area contributed by atoms with Crippen LogP contribution in [0.15, 0.2) is 28.4 Å². The van der Waals surface area contributed by atoms with Crippen molar-refractivity contribution < 1.29 is 14.3 Å². The Bertz CT molecular complexity index is 1240. The van der Waals surface area contributed by atoms with Crippen molar-refractivity contribution in [3.63, 3.8) is 0 Å². The second-order valence-electron chi connectivity index (χ2n) is 6.82. The van der Waals surface area contributed by atoms with Gasteiger partial charge >= 0.3 is 0 Å². The number of amides is 1. The zero-order valence-electron chi connectivity index (χ0n) is 16.4. The summed E-state index contributed by atoms with van der Waals surface area (Å²) < 4.78 is 10.7. The van der Waals surface area contributed by atoms with Gasteiger partial charge in [0.2, 0.25) is 12.7 Å². The van der Waals surface area contributed by atoms with E-state index in [0.29, 0.717) is 34.3 Å². The third-order valence-electron chi connectivity index (χ3n) is 4.94. The van der Waals surface area contributed by atoms with Gasteiger partial charge in [-0.25, -0.2) is 4.98 Å². The number of carbonyl (C=O) groups is 1. The lowest BCUT2D eigenvalue weighted by Crippen LogP contribution is -2.18. The van der Waals surface area contributed by atoms with Gasteiger partial charge in [-0.15, -0.1) is 11.3 Å². The van der Waals surface area contributed by atoms with Gasteiger partial charge in [-0.05, 0) is 49.6 Å². The average molecular weight is 422 g/mol. The molecule has 0 unspecified atom stereocenters. The second-order valence-corrected chi connectivity index (χ2v) is 7.68. The van der Waals surface area contributed by atoms with Crippen molar-refractivity contribution in [2.45, 2.75) is 26.7 Å². The molecule has 2 aromatic heterocycles. The molecule has 2 N–H and O–H groups in total. The smallest absolute Gasteiger partial charge is 0.266 e. The Morgan fingerprint density at radius 1 is 1.33 bits per heavy atom. The number of ether oxygens (including phenoxy) is 2. The SMILES string of the molecule is Cc1[nH]c(=O)c(C#N)c(C)c1CCC(=O)Nc1nc(-c2ccc3c(c2)OCO3)cs1. The number of aromatic nitrogens is 2. The summed E-state index contributed by atoms with van der Waals surface area (Å²) >= 11 is 1.34. The van der Waals surface area contributed by atoms with Gasteiger partial charge in [0.15, 0.2) is 16.6 Å². The third kappa shape index (κ3) is 3.77. The molecule has 30 heavy (non-hydrogen) atoms. The Labute approximate surface area is 176 Å². The molecule has 8 nitrogen and oxygen atoms in total. The second kappa shape index (κ2) is 8.00. The van der Waals surface area contributed by atoms with E-state index < -0.39 is 5.56 Å². The van der Waals surface area contributed by atoms with Crippen molar-refractivity contribution in [2.24, 2.45) is 0 Å². The van der Waals surface area contributed by atoms with Crippen LogP contribution in [0, 0.1) is 25.2 Å². The molecule has 4 rings (SSSR count). The summed E-state index contributed by atoms with van der Waals surface area (Å²) in [6.45, 7) is 3.70. The Balaban J connectivity index is 1.42. The van der Waals surface area contributed by atoms with Gasteiger partial charge < -0.3 is 19.8 Å². The largest absolute Gasteiger partial charge is 0.454 e. The van der Waals surface area contributed by atoms with Gasteiger partial charge in [0.25, 0.3) is 5.56 Å². The maximum absolute atomic E-state index is 12.4. The topological polar surface area (TPSA) is 117 Å². The summed E-state index contributed by atoms with van der Waals surface area (Å²) in [4.78, 5) is 31.4. The van der Waals surface area contributed by atoms with E-state index in [-0.39, 0.29) is 24.7 Å². The molecule has 0 aliphatic carbocycles. The number of thiazole rings is 1. The van der Waals surface area contributed by atoms with Crippen LogP contribution in [-0.4, -0.2) is 22.7 Å². The highest BCUT2D eigenvalue weighted by Gasteiger charge is 2.16. The number of rotatable bonds is 5. The molecule has 0 saturated heterocycles. The van der Waals surface area contributed by atoms with E-state index in [1.165, 1.54) is 11.3 Å². The van der Waals surface area contributed by atoms with Crippen LogP contribution in [-0.2, 0) is 11.2 Å². The Kier molecular flexibility index (Phi) is 5.25. The molecule has 3 aromatic rings. The van der Waals surface area contributed by atoms with E-state index in [9.17, 15) is 9.59 Å². The minimum Gasteiger partial charge on any atom is -0.454 e. The van der Waals surface area contributed by atoms with Crippen LogP contribution in [0.4, 0.5) is 5.13 Å². The van der Waals surface area contributed by atoms with Crippen LogP contribution in [0.25, 0.3) is 11.3 Å². The normalized spacial score (nSPS) is 11.9. The molecule has 0 bridgehead atoms. The number of benzene rings is 1. The van der Waals surface area contributed by atoms with E-state index >= 15 is 0 Å². The fourth-order valence-corrected chi connectivity index (χ4v) is 4.10. The van der Waals surface area contributed by atoms with Crippen molar-refractivity contribution >= 4 is 22.4 Å². The summed E-state index contributed by atoms with van der Waals surface area (Å²) in [6.07, 6.45) is 0.618. The maximum Gasteiger partial charge on any atom is 0.266 e. The van der Waals surface area contributed by atoms with Crippen LogP contribution in [0.5, 0.6) is 11.5 Å². The summed E-state index contributed by atoms with van der Waals surface area (Å²) in [5.41, 5.74) is 3.39. The molecule has 1 aliphatic rings. The van der Waals surface area contributed by atoms with Crippen LogP contribution < -0.4 is 20.3 Å². The van der Waals surface area contributed by atoms with E-state index in [4.69, 9.17) is 14.7 Å². The zero-order chi connectivity index (χ0) is 21.3. The molecule has 0 spiro atoms. The number of pyridine rings is 1. The number of aromatic amines is 1.